The number of hydrazone groups is 1. The topological polar surface area (TPSA) is 15.6 Å². The van der Waals surface area contributed by atoms with Crippen molar-refractivity contribution in [3.05, 3.63) is 70.6 Å². The molecule has 21 heavy (non-hydrogen) atoms. The molecule has 0 amide bonds. The third kappa shape index (κ3) is 3.31. The molecule has 0 N–H and O–H groups in total. The van der Waals surface area contributed by atoms with Crippen LogP contribution in [0.3, 0.4) is 0 Å². The van der Waals surface area contributed by atoms with Gasteiger partial charge in [0, 0.05) is 11.7 Å². The van der Waals surface area contributed by atoms with Crippen LogP contribution in [0.5, 0.6) is 0 Å². The van der Waals surface area contributed by atoms with Gasteiger partial charge in [0.2, 0.25) is 0 Å². The molecule has 0 saturated carbocycles. The Labute approximate surface area is 129 Å². The fraction of sp³-hybridized carbons (Fsp3) is 0.167. The zero-order chi connectivity index (χ0) is 14.7. The number of aryl methyl sites for hydroxylation is 1. The monoisotopic (exact) mass is 294 g/mol. The predicted molar refractivity (Wildman–Crippen MR) is 92.1 cm³/mol. The lowest BCUT2D eigenvalue weighted by Gasteiger charge is -2.13. The summed E-state index contributed by atoms with van der Waals surface area (Å²) in [5.41, 5.74) is 3.72. The van der Waals surface area contributed by atoms with Crippen molar-refractivity contribution in [2.24, 2.45) is 5.10 Å². The fourth-order valence-corrected chi connectivity index (χ4v) is 3.19. The van der Waals surface area contributed by atoms with Crippen LogP contribution in [0, 0.1) is 6.92 Å². The number of fused-ring (bicyclic) bond motifs is 1. The van der Waals surface area contributed by atoms with Gasteiger partial charge in [-0.2, -0.15) is 5.10 Å². The lowest BCUT2D eigenvalue weighted by atomic mass is 10.1. The molecule has 106 valence electrons. The van der Waals surface area contributed by atoms with Gasteiger partial charge < -0.3 is 0 Å². The Morgan fingerprint density at radius 1 is 1.10 bits per heavy atom. The van der Waals surface area contributed by atoms with E-state index in [0.717, 1.165) is 12.1 Å². The number of hydrogen-bond donors (Lipinski definition) is 0. The second-order valence-electron chi connectivity index (χ2n) is 5.23. The highest BCUT2D eigenvalue weighted by Crippen LogP contribution is 2.25. The molecule has 3 aromatic rings. The van der Waals surface area contributed by atoms with Gasteiger partial charge in [0.25, 0.3) is 0 Å². The van der Waals surface area contributed by atoms with Crippen molar-refractivity contribution in [3.8, 4) is 0 Å². The molecule has 2 aromatic carbocycles. The summed E-state index contributed by atoms with van der Waals surface area (Å²) >= 11 is 1.79. The number of rotatable bonds is 4. The Hall–Kier alpha value is -2.13. The third-order valence-corrected chi connectivity index (χ3v) is 4.45. The van der Waals surface area contributed by atoms with Crippen molar-refractivity contribution in [2.45, 2.75) is 13.5 Å². The van der Waals surface area contributed by atoms with E-state index in [-0.39, 0.29) is 0 Å². The molecule has 1 aromatic heterocycles. The number of benzene rings is 2. The van der Waals surface area contributed by atoms with Crippen molar-refractivity contribution in [3.63, 3.8) is 0 Å². The number of nitrogens with zero attached hydrogens (tertiary/aromatic N) is 2. The minimum Gasteiger partial charge on any atom is -0.296 e. The van der Waals surface area contributed by atoms with Gasteiger partial charge in [-0.1, -0.05) is 48.0 Å². The van der Waals surface area contributed by atoms with Crippen LogP contribution in [0.1, 0.15) is 16.7 Å². The van der Waals surface area contributed by atoms with Gasteiger partial charge in [0.15, 0.2) is 0 Å². The minimum atomic E-state index is 0.820. The van der Waals surface area contributed by atoms with Gasteiger partial charge in [-0.15, -0.1) is 11.3 Å². The van der Waals surface area contributed by atoms with E-state index in [1.807, 2.05) is 18.3 Å². The van der Waals surface area contributed by atoms with Crippen LogP contribution in [0.2, 0.25) is 0 Å². The first-order valence-electron chi connectivity index (χ1n) is 6.99. The summed E-state index contributed by atoms with van der Waals surface area (Å²) < 4.78 is 1.36. The van der Waals surface area contributed by atoms with Crippen molar-refractivity contribution >= 4 is 27.6 Å². The molecule has 0 bridgehead atoms. The van der Waals surface area contributed by atoms with E-state index < -0.39 is 0 Å². The lowest BCUT2D eigenvalue weighted by molar-refractivity contribution is 0.350. The van der Waals surface area contributed by atoms with Crippen LogP contribution < -0.4 is 0 Å². The molecule has 3 heteroatoms. The first-order chi connectivity index (χ1) is 10.2. The molecule has 3 rings (SSSR count). The van der Waals surface area contributed by atoms with Crippen LogP contribution in [-0.4, -0.2) is 18.3 Å². The molecule has 0 atom stereocenters. The highest BCUT2D eigenvalue weighted by molar-refractivity contribution is 7.17. The van der Waals surface area contributed by atoms with Crippen LogP contribution in [0.15, 0.2) is 59.0 Å². The standard InChI is InChI=1S/C18H18N2S/c1-14-6-8-15(9-7-14)12-19-20(2)13-17-5-3-4-16-10-11-21-18(16)17/h3-12H,13H2,1-2H3/b19-12+. The summed E-state index contributed by atoms with van der Waals surface area (Å²) in [5.74, 6) is 0. The van der Waals surface area contributed by atoms with Crippen molar-refractivity contribution in [1.29, 1.82) is 0 Å². The van der Waals surface area contributed by atoms with E-state index in [1.165, 1.54) is 21.2 Å². The maximum atomic E-state index is 4.52. The average Bonchev–Trinajstić information content (AvgIpc) is 2.96. The van der Waals surface area contributed by atoms with Crippen LogP contribution in [0.4, 0.5) is 0 Å². The molecular weight excluding hydrogens is 276 g/mol. The first kappa shape index (κ1) is 13.8. The van der Waals surface area contributed by atoms with Crippen LogP contribution in [-0.2, 0) is 6.54 Å². The number of thiophene rings is 1. The maximum absolute atomic E-state index is 4.52. The van der Waals surface area contributed by atoms with E-state index in [9.17, 15) is 0 Å². The average molecular weight is 294 g/mol. The molecule has 0 aliphatic rings. The van der Waals surface area contributed by atoms with Crippen molar-refractivity contribution in [1.82, 2.24) is 5.01 Å². The van der Waals surface area contributed by atoms with Crippen LogP contribution >= 0.6 is 11.3 Å². The summed E-state index contributed by atoms with van der Waals surface area (Å²) in [6, 6.07) is 17.0. The van der Waals surface area contributed by atoms with Gasteiger partial charge in [0.1, 0.15) is 0 Å². The third-order valence-electron chi connectivity index (χ3n) is 3.44. The highest BCUT2D eigenvalue weighted by Gasteiger charge is 2.03. The summed E-state index contributed by atoms with van der Waals surface area (Å²) in [4.78, 5) is 0. The Balaban J connectivity index is 1.73. The van der Waals surface area contributed by atoms with E-state index in [1.54, 1.807) is 11.3 Å². The van der Waals surface area contributed by atoms with Crippen molar-refractivity contribution in [2.75, 3.05) is 7.05 Å². The second-order valence-corrected chi connectivity index (χ2v) is 6.14. The normalized spacial score (nSPS) is 11.3. The van der Waals surface area contributed by atoms with Gasteiger partial charge >= 0.3 is 0 Å². The predicted octanol–water partition coefficient (Wildman–Crippen LogP) is 4.68. The zero-order valence-electron chi connectivity index (χ0n) is 12.3. The smallest absolute Gasteiger partial charge is 0.0621 e. The van der Waals surface area contributed by atoms with Gasteiger partial charge in [0.05, 0.1) is 12.8 Å². The number of hydrogen-bond acceptors (Lipinski definition) is 3. The van der Waals surface area contributed by atoms with Gasteiger partial charge in [-0.05, 0) is 34.9 Å². The molecule has 1 heterocycles. The molecule has 0 unspecified atom stereocenters. The molecule has 0 aliphatic carbocycles. The molecule has 0 aliphatic heterocycles. The molecule has 0 radical (unpaired) electrons. The molecule has 2 nitrogen and oxygen atoms in total. The summed E-state index contributed by atoms with van der Waals surface area (Å²) in [6.45, 7) is 2.91. The molecule has 0 spiro atoms. The Bertz CT molecular complexity index is 756. The quantitative estimate of drug-likeness (QED) is 0.504. The van der Waals surface area contributed by atoms with E-state index in [2.05, 4.69) is 65.9 Å². The maximum Gasteiger partial charge on any atom is 0.0621 e. The molecular formula is C18H18N2S. The van der Waals surface area contributed by atoms with Crippen LogP contribution in [0.25, 0.3) is 10.1 Å². The van der Waals surface area contributed by atoms with E-state index in [0.29, 0.717) is 0 Å². The van der Waals surface area contributed by atoms with Crippen molar-refractivity contribution < 1.29 is 0 Å². The van der Waals surface area contributed by atoms with Gasteiger partial charge in [-0.25, -0.2) is 0 Å². The highest BCUT2D eigenvalue weighted by atomic mass is 32.1. The Kier molecular flexibility index (Phi) is 4.02. The van der Waals surface area contributed by atoms with Gasteiger partial charge in [-0.3, -0.25) is 5.01 Å². The second kappa shape index (κ2) is 6.10. The zero-order valence-corrected chi connectivity index (χ0v) is 13.1. The fourth-order valence-electron chi connectivity index (χ4n) is 2.28. The minimum absolute atomic E-state index is 0.820. The SMILES string of the molecule is Cc1ccc(/C=N/N(C)Cc2cccc3ccsc23)cc1. The lowest BCUT2D eigenvalue weighted by Crippen LogP contribution is -2.10. The summed E-state index contributed by atoms with van der Waals surface area (Å²) in [7, 11) is 2.01. The molecule has 0 fully saturated rings. The Morgan fingerprint density at radius 2 is 1.90 bits per heavy atom. The summed E-state index contributed by atoms with van der Waals surface area (Å²) in [6.07, 6.45) is 1.91. The van der Waals surface area contributed by atoms with E-state index in [4.69, 9.17) is 0 Å². The molecule has 0 saturated heterocycles. The largest absolute Gasteiger partial charge is 0.296 e. The summed E-state index contributed by atoms with van der Waals surface area (Å²) in [5, 5.41) is 9.96. The Morgan fingerprint density at radius 3 is 2.71 bits per heavy atom. The van der Waals surface area contributed by atoms with E-state index >= 15 is 0 Å². The first-order valence-corrected chi connectivity index (χ1v) is 7.87.